The van der Waals surface area contributed by atoms with Gasteiger partial charge in [-0.15, -0.1) is 0 Å². The number of carbonyl (C=O) groups is 2. The maximum atomic E-state index is 12.3. The van der Waals surface area contributed by atoms with Crippen LogP contribution in [0.3, 0.4) is 0 Å². The predicted octanol–water partition coefficient (Wildman–Crippen LogP) is 3.97. The number of hydrogen-bond acceptors (Lipinski definition) is 3. The number of rotatable bonds is 4. The van der Waals surface area contributed by atoms with Crippen LogP contribution in [-0.4, -0.2) is 41.8 Å². The fraction of sp³-hybridized carbons (Fsp3) is 0.579. The average Bonchev–Trinajstić information content (AvgIpc) is 2.44. The largest absolute Gasteiger partial charge is 0.465 e. The summed E-state index contributed by atoms with van der Waals surface area (Å²) in [6, 6.07) is 8.87. The number of benzene rings is 1. The van der Waals surface area contributed by atoms with Crippen molar-refractivity contribution in [3.8, 4) is 5.75 Å². The lowest BCUT2D eigenvalue weighted by molar-refractivity contribution is 0.0454. The van der Waals surface area contributed by atoms with Crippen molar-refractivity contribution in [3.05, 3.63) is 30.3 Å². The monoisotopic (exact) mass is 348 g/mol. The van der Waals surface area contributed by atoms with Gasteiger partial charge >= 0.3 is 12.2 Å². The molecule has 1 aliphatic carbocycles. The van der Waals surface area contributed by atoms with Crippen molar-refractivity contribution in [2.24, 2.45) is 10.8 Å². The highest BCUT2D eigenvalue weighted by Crippen LogP contribution is 2.46. The van der Waals surface area contributed by atoms with Crippen LogP contribution in [-0.2, 0) is 0 Å². The Bertz CT molecular complexity index is 617. The Kier molecular flexibility index (Phi) is 5.60. The van der Waals surface area contributed by atoms with Crippen LogP contribution in [0.15, 0.2) is 30.3 Å². The van der Waals surface area contributed by atoms with E-state index >= 15 is 0 Å². The maximum absolute atomic E-state index is 12.3. The summed E-state index contributed by atoms with van der Waals surface area (Å²) < 4.78 is 5.38. The molecule has 2 unspecified atom stereocenters. The molecule has 0 spiro atoms. The Balaban J connectivity index is 2.02. The summed E-state index contributed by atoms with van der Waals surface area (Å²) in [5, 5.41) is 11.7. The fourth-order valence-electron chi connectivity index (χ4n) is 4.34. The van der Waals surface area contributed by atoms with Gasteiger partial charge < -0.3 is 20.1 Å². The van der Waals surface area contributed by atoms with Crippen molar-refractivity contribution in [2.75, 3.05) is 13.6 Å². The van der Waals surface area contributed by atoms with Crippen molar-refractivity contribution < 1.29 is 19.4 Å². The Morgan fingerprint density at radius 1 is 1.24 bits per heavy atom. The van der Waals surface area contributed by atoms with E-state index in [1.807, 2.05) is 18.2 Å². The van der Waals surface area contributed by atoms with Gasteiger partial charge in [-0.05, 0) is 42.2 Å². The minimum atomic E-state index is -0.998. The molecule has 1 saturated carbocycles. The highest BCUT2D eigenvalue weighted by atomic mass is 16.6. The molecule has 2 amide bonds. The van der Waals surface area contributed by atoms with Crippen molar-refractivity contribution in [1.82, 2.24) is 10.2 Å². The van der Waals surface area contributed by atoms with Gasteiger partial charge in [0.05, 0.1) is 0 Å². The van der Waals surface area contributed by atoms with Crippen LogP contribution < -0.4 is 10.1 Å². The van der Waals surface area contributed by atoms with E-state index in [0.29, 0.717) is 18.7 Å². The lowest BCUT2D eigenvalue weighted by Crippen LogP contribution is -2.50. The molecule has 25 heavy (non-hydrogen) atoms. The van der Waals surface area contributed by atoms with Crippen LogP contribution in [0.4, 0.5) is 9.59 Å². The molecule has 1 aliphatic rings. The second kappa shape index (κ2) is 7.33. The zero-order chi connectivity index (χ0) is 18.7. The van der Waals surface area contributed by atoms with Crippen molar-refractivity contribution >= 4 is 12.2 Å². The second-order valence-electron chi connectivity index (χ2n) is 8.24. The van der Waals surface area contributed by atoms with Crippen LogP contribution in [0.1, 0.15) is 40.0 Å². The van der Waals surface area contributed by atoms with Crippen molar-refractivity contribution in [3.63, 3.8) is 0 Å². The second-order valence-corrected chi connectivity index (χ2v) is 8.24. The topological polar surface area (TPSA) is 78.9 Å². The molecular weight excluding hydrogens is 320 g/mol. The minimum Gasteiger partial charge on any atom is -0.465 e. The number of nitrogens with one attached hydrogen (secondary N) is 1. The highest BCUT2D eigenvalue weighted by molar-refractivity contribution is 5.70. The van der Waals surface area contributed by atoms with Gasteiger partial charge in [-0.2, -0.15) is 0 Å². The van der Waals surface area contributed by atoms with Crippen LogP contribution >= 0.6 is 0 Å². The summed E-state index contributed by atoms with van der Waals surface area (Å²) in [5.74, 6) is 0.513. The zero-order valence-corrected chi connectivity index (χ0v) is 15.4. The number of para-hydroxylation sites is 1. The van der Waals surface area contributed by atoms with Gasteiger partial charge in [0, 0.05) is 19.6 Å². The van der Waals surface area contributed by atoms with Crippen LogP contribution in [0, 0.1) is 10.8 Å². The molecule has 138 valence electrons. The number of carbonyl (C=O) groups excluding carboxylic acids is 1. The predicted molar refractivity (Wildman–Crippen MR) is 95.8 cm³/mol. The molecule has 1 fully saturated rings. The Labute approximate surface area is 149 Å². The van der Waals surface area contributed by atoms with Crippen molar-refractivity contribution in [2.45, 2.75) is 46.1 Å². The van der Waals surface area contributed by atoms with Gasteiger partial charge in [0.1, 0.15) is 5.75 Å². The van der Waals surface area contributed by atoms with E-state index in [-0.39, 0.29) is 16.9 Å². The molecule has 0 saturated heterocycles. The molecule has 0 aliphatic heterocycles. The van der Waals surface area contributed by atoms with E-state index in [9.17, 15) is 9.59 Å². The molecule has 0 bridgehead atoms. The number of amides is 2. The summed E-state index contributed by atoms with van der Waals surface area (Å²) >= 11 is 0. The lowest BCUT2D eigenvalue weighted by atomic mass is 9.62. The van der Waals surface area contributed by atoms with Gasteiger partial charge in [-0.25, -0.2) is 9.59 Å². The standard InChI is InChI=1S/C19H28N2O4/c1-18(2)10-14(20-16(22)23)11-19(3,12-18)13-21(4)17(24)25-15-8-6-5-7-9-15/h5-9,14,20H,10-13H2,1-4H3,(H,22,23). The van der Waals surface area contributed by atoms with E-state index in [1.54, 1.807) is 24.1 Å². The van der Waals surface area contributed by atoms with Gasteiger partial charge in [0.2, 0.25) is 0 Å². The van der Waals surface area contributed by atoms with E-state index in [1.165, 1.54) is 0 Å². The highest BCUT2D eigenvalue weighted by Gasteiger charge is 2.42. The Hall–Kier alpha value is -2.24. The third-order valence-corrected chi connectivity index (χ3v) is 4.65. The molecule has 0 heterocycles. The smallest absolute Gasteiger partial charge is 0.414 e. The Morgan fingerprint density at radius 3 is 2.48 bits per heavy atom. The summed E-state index contributed by atoms with van der Waals surface area (Å²) in [6.07, 6.45) is 1.01. The molecule has 2 atom stereocenters. The number of hydrogen-bond donors (Lipinski definition) is 2. The Morgan fingerprint density at radius 2 is 1.88 bits per heavy atom. The summed E-state index contributed by atoms with van der Waals surface area (Å²) in [5.41, 5.74) is -0.177. The van der Waals surface area contributed by atoms with Crippen LogP contribution in [0.25, 0.3) is 0 Å². The third-order valence-electron chi connectivity index (χ3n) is 4.65. The van der Waals surface area contributed by atoms with Gasteiger partial charge in [-0.1, -0.05) is 39.0 Å². The number of nitrogens with zero attached hydrogens (tertiary/aromatic N) is 1. The first kappa shape index (κ1) is 19.1. The first-order valence-corrected chi connectivity index (χ1v) is 8.56. The van der Waals surface area contributed by atoms with E-state index in [0.717, 1.165) is 12.8 Å². The van der Waals surface area contributed by atoms with Crippen molar-refractivity contribution in [1.29, 1.82) is 0 Å². The molecule has 1 aromatic rings. The zero-order valence-electron chi connectivity index (χ0n) is 15.4. The van der Waals surface area contributed by atoms with Gasteiger partial charge in [0.25, 0.3) is 0 Å². The molecule has 2 N–H and O–H groups in total. The SMILES string of the molecule is CN(CC1(C)CC(NC(=O)O)CC(C)(C)C1)C(=O)Oc1ccccc1. The normalized spacial score (nSPS) is 25.0. The van der Waals surface area contributed by atoms with Gasteiger partial charge in [0.15, 0.2) is 0 Å². The molecule has 6 heteroatoms. The molecule has 6 nitrogen and oxygen atoms in total. The van der Waals surface area contributed by atoms with Gasteiger partial charge in [-0.3, -0.25) is 0 Å². The van der Waals surface area contributed by atoms with Crippen LogP contribution in [0.5, 0.6) is 5.75 Å². The maximum Gasteiger partial charge on any atom is 0.414 e. The summed E-state index contributed by atoms with van der Waals surface area (Å²) in [4.78, 5) is 24.9. The van der Waals surface area contributed by atoms with Crippen LogP contribution in [0.2, 0.25) is 0 Å². The number of ether oxygens (including phenoxy) is 1. The number of carboxylic acid groups (broad SMARTS) is 1. The molecule has 1 aromatic carbocycles. The fourth-order valence-corrected chi connectivity index (χ4v) is 4.34. The first-order chi connectivity index (χ1) is 11.6. The average molecular weight is 348 g/mol. The first-order valence-electron chi connectivity index (χ1n) is 8.56. The quantitative estimate of drug-likeness (QED) is 0.863. The molecular formula is C19H28N2O4. The molecule has 0 aromatic heterocycles. The minimum absolute atomic E-state index is 0.00426. The summed E-state index contributed by atoms with van der Waals surface area (Å²) in [7, 11) is 1.72. The lowest BCUT2D eigenvalue weighted by Gasteiger charge is -2.47. The van der Waals surface area contributed by atoms with E-state index in [4.69, 9.17) is 9.84 Å². The third kappa shape index (κ3) is 5.66. The van der Waals surface area contributed by atoms with E-state index in [2.05, 4.69) is 26.1 Å². The molecule has 0 radical (unpaired) electrons. The summed E-state index contributed by atoms with van der Waals surface area (Å²) in [6.45, 7) is 6.91. The van der Waals surface area contributed by atoms with E-state index < -0.39 is 12.2 Å². The molecule has 2 rings (SSSR count).